The van der Waals surface area contributed by atoms with Crippen molar-refractivity contribution < 1.29 is 18.0 Å². The molecule has 1 amide bonds. The van der Waals surface area contributed by atoms with Crippen LogP contribution >= 0.6 is 11.6 Å². The molecule has 3 aromatic rings. The van der Waals surface area contributed by atoms with Crippen molar-refractivity contribution in [2.45, 2.75) is 31.6 Å². The van der Waals surface area contributed by atoms with Gasteiger partial charge in [-0.2, -0.15) is 23.0 Å². The highest BCUT2D eigenvalue weighted by Crippen LogP contribution is 2.29. The molecule has 1 fully saturated rings. The van der Waals surface area contributed by atoms with Gasteiger partial charge in [-0.1, -0.05) is 29.8 Å². The quantitative estimate of drug-likeness (QED) is 0.629. The van der Waals surface area contributed by atoms with Crippen LogP contribution < -0.4 is 16.6 Å². The minimum absolute atomic E-state index is 0.0311. The van der Waals surface area contributed by atoms with Crippen molar-refractivity contribution >= 4 is 17.5 Å². The van der Waals surface area contributed by atoms with Crippen LogP contribution in [0.2, 0.25) is 5.02 Å². The molecule has 0 atom stereocenters. The van der Waals surface area contributed by atoms with Gasteiger partial charge in [0.15, 0.2) is 0 Å². The van der Waals surface area contributed by atoms with Gasteiger partial charge in [0.1, 0.15) is 0 Å². The van der Waals surface area contributed by atoms with Crippen LogP contribution in [0, 0.1) is 0 Å². The maximum Gasteiger partial charge on any atom is 0.416 e. The van der Waals surface area contributed by atoms with Gasteiger partial charge in [0.05, 0.1) is 17.8 Å². The number of benzene rings is 2. The SMILES string of the molecule is O=C(NC1CC1)c1nn(-c2ccc(C(F)(F)F)cc2)c(=O)n(Cc2ccccc2Cl)c1=O. The second kappa shape index (κ2) is 8.27. The molecule has 0 unspecified atom stereocenters. The van der Waals surface area contributed by atoms with Gasteiger partial charge in [0.25, 0.3) is 11.5 Å². The standard InChI is InChI=1S/C21H16ClF3N4O3/c22-16-4-2-1-3-12(16)11-28-19(31)17(18(30)26-14-7-8-14)27-29(20(28)32)15-9-5-13(6-10-15)21(23,24)25/h1-6,9-10,14H,7-8,11H2,(H,26,30). The Morgan fingerprint density at radius 1 is 1.09 bits per heavy atom. The fourth-order valence-corrected chi connectivity index (χ4v) is 3.23. The molecule has 0 radical (unpaired) electrons. The van der Waals surface area contributed by atoms with E-state index in [-0.39, 0.29) is 18.3 Å². The van der Waals surface area contributed by atoms with Gasteiger partial charge in [0.2, 0.25) is 5.69 Å². The van der Waals surface area contributed by atoms with Crippen LogP contribution in [0.1, 0.15) is 34.5 Å². The van der Waals surface area contributed by atoms with E-state index >= 15 is 0 Å². The Bertz CT molecular complexity index is 1300. The van der Waals surface area contributed by atoms with Crippen molar-refractivity contribution in [1.82, 2.24) is 19.7 Å². The highest BCUT2D eigenvalue weighted by Gasteiger charge is 2.31. The van der Waals surface area contributed by atoms with Gasteiger partial charge in [-0.15, -0.1) is 0 Å². The van der Waals surface area contributed by atoms with Crippen LogP contribution in [0.5, 0.6) is 0 Å². The lowest BCUT2D eigenvalue weighted by molar-refractivity contribution is -0.137. The molecular weight excluding hydrogens is 449 g/mol. The summed E-state index contributed by atoms with van der Waals surface area (Å²) in [6.45, 7) is -0.246. The zero-order valence-corrected chi connectivity index (χ0v) is 17.2. The number of alkyl halides is 3. The molecule has 0 spiro atoms. The molecular formula is C21H16ClF3N4O3. The normalized spacial score (nSPS) is 13.8. The predicted octanol–water partition coefficient (Wildman–Crippen LogP) is 3.01. The van der Waals surface area contributed by atoms with E-state index in [0.717, 1.165) is 46.4 Å². The number of carbonyl (C=O) groups excluding carboxylic acids is 1. The summed E-state index contributed by atoms with van der Waals surface area (Å²) in [7, 11) is 0. The molecule has 4 rings (SSSR count). The Morgan fingerprint density at radius 2 is 1.75 bits per heavy atom. The van der Waals surface area contributed by atoms with Crippen LogP contribution in [0.4, 0.5) is 13.2 Å². The summed E-state index contributed by atoms with van der Waals surface area (Å²) in [6.07, 6.45) is -3.04. The lowest BCUT2D eigenvalue weighted by atomic mass is 10.2. The van der Waals surface area contributed by atoms with Crippen molar-refractivity contribution in [3.05, 3.63) is 91.2 Å². The first kappa shape index (κ1) is 21.8. The molecule has 0 aliphatic heterocycles. The average molecular weight is 465 g/mol. The summed E-state index contributed by atoms with van der Waals surface area (Å²) in [6, 6.07) is 10.1. The van der Waals surface area contributed by atoms with Crippen molar-refractivity contribution in [3.63, 3.8) is 0 Å². The molecule has 1 heterocycles. The molecule has 1 aliphatic rings. The number of halogens is 4. The zero-order chi connectivity index (χ0) is 23.0. The molecule has 1 saturated carbocycles. The van der Waals surface area contributed by atoms with Crippen molar-refractivity contribution in [3.8, 4) is 5.69 Å². The third-order valence-corrected chi connectivity index (χ3v) is 5.28. The Hall–Kier alpha value is -3.40. The second-order valence-corrected chi connectivity index (χ2v) is 7.73. The summed E-state index contributed by atoms with van der Waals surface area (Å²) in [5.74, 6) is -0.758. The van der Waals surface area contributed by atoms with E-state index in [9.17, 15) is 27.6 Å². The molecule has 166 valence electrons. The molecule has 0 saturated heterocycles. The monoisotopic (exact) mass is 464 g/mol. The highest BCUT2D eigenvalue weighted by atomic mass is 35.5. The third-order valence-electron chi connectivity index (χ3n) is 4.91. The van der Waals surface area contributed by atoms with Crippen LogP contribution in [0.25, 0.3) is 5.69 Å². The van der Waals surface area contributed by atoms with Crippen molar-refractivity contribution in [2.24, 2.45) is 0 Å². The molecule has 11 heteroatoms. The highest BCUT2D eigenvalue weighted by molar-refractivity contribution is 6.31. The lowest BCUT2D eigenvalue weighted by Crippen LogP contribution is -2.46. The van der Waals surface area contributed by atoms with E-state index in [2.05, 4.69) is 10.4 Å². The van der Waals surface area contributed by atoms with Gasteiger partial charge in [-0.25, -0.2) is 4.79 Å². The molecule has 1 aromatic heterocycles. The van der Waals surface area contributed by atoms with E-state index in [1.54, 1.807) is 24.3 Å². The van der Waals surface area contributed by atoms with Gasteiger partial charge < -0.3 is 5.32 Å². The summed E-state index contributed by atoms with van der Waals surface area (Å²) in [4.78, 5) is 38.6. The van der Waals surface area contributed by atoms with E-state index in [0.29, 0.717) is 10.6 Å². The van der Waals surface area contributed by atoms with Crippen molar-refractivity contribution in [1.29, 1.82) is 0 Å². The van der Waals surface area contributed by atoms with Gasteiger partial charge in [-0.3, -0.25) is 14.2 Å². The number of rotatable bonds is 5. The van der Waals surface area contributed by atoms with E-state index < -0.39 is 34.6 Å². The summed E-state index contributed by atoms with van der Waals surface area (Å²) < 4.78 is 40.2. The Balaban J connectivity index is 1.85. The number of hydrogen-bond donors (Lipinski definition) is 1. The van der Waals surface area contributed by atoms with Crippen LogP contribution in [-0.2, 0) is 12.7 Å². The maximum absolute atomic E-state index is 13.1. The van der Waals surface area contributed by atoms with Gasteiger partial charge in [0, 0.05) is 11.1 Å². The summed E-state index contributed by atoms with van der Waals surface area (Å²) in [5.41, 5.74) is -2.87. The first-order chi connectivity index (χ1) is 15.1. The van der Waals surface area contributed by atoms with Gasteiger partial charge >= 0.3 is 11.9 Å². The number of aromatic nitrogens is 3. The van der Waals surface area contributed by atoms with Crippen LogP contribution in [-0.4, -0.2) is 26.3 Å². The molecule has 1 aliphatic carbocycles. The molecule has 0 bridgehead atoms. The van der Waals surface area contributed by atoms with E-state index in [1.807, 2.05) is 0 Å². The first-order valence-corrected chi connectivity index (χ1v) is 9.99. The molecule has 2 aromatic carbocycles. The lowest BCUT2D eigenvalue weighted by Gasteiger charge is -2.13. The van der Waals surface area contributed by atoms with Crippen molar-refractivity contribution in [2.75, 3.05) is 0 Å². The molecule has 7 nitrogen and oxygen atoms in total. The fraction of sp³-hybridized carbons (Fsp3) is 0.238. The van der Waals surface area contributed by atoms with E-state index in [1.165, 1.54) is 0 Å². The maximum atomic E-state index is 13.1. The number of hydrogen-bond acceptors (Lipinski definition) is 4. The Labute approximate surface area is 184 Å². The summed E-state index contributed by atoms with van der Waals surface area (Å²) >= 11 is 6.15. The number of nitrogens with one attached hydrogen (secondary N) is 1. The minimum atomic E-state index is -4.56. The smallest absolute Gasteiger partial charge is 0.348 e. The second-order valence-electron chi connectivity index (χ2n) is 7.32. The van der Waals surface area contributed by atoms with Gasteiger partial charge in [-0.05, 0) is 48.7 Å². The van der Waals surface area contributed by atoms with Crippen LogP contribution in [0.15, 0.2) is 58.1 Å². The molecule has 32 heavy (non-hydrogen) atoms. The Morgan fingerprint density at radius 3 is 2.34 bits per heavy atom. The van der Waals surface area contributed by atoms with E-state index in [4.69, 9.17) is 11.6 Å². The first-order valence-electron chi connectivity index (χ1n) is 9.61. The number of amides is 1. The average Bonchev–Trinajstić information content (AvgIpc) is 3.56. The fourth-order valence-electron chi connectivity index (χ4n) is 3.03. The largest absolute Gasteiger partial charge is 0.416 e. The summed E-state index contributed by atoms with van der Waals surface area (Å²) in [5, 5.41) is 6.83. The van der Waals surface area contributed by atoms with Crippen LogP contribution in [0.3, 0.4) is 0 Å². The Kier molecular flexibility index (Phi) is 5.64. The minimum Gasteiger partial charge on any atom is -0.348 e. The third kappa shape index (κ3) is 4.45. The number of nitrogens with zero attached hydrogens (tertiary/aromatic N) is 3. The zero-order valence-electron chi connectivity index (χ0n) is 16.4. The number of carbonyl (C=O) groups is 1. The topological polar surface area (TPSA) is 86.0 Å². The molecule has 1 N–H and O–H groups in total. The predicted molar refractivity (Wildman–Crippen MR) is 110 cm³/mol.